The van der Waals surface area contributed by atoms with E-state index in [0.717, 1.165) is 4.80 Å². The van der Waals surface area contributed by atoms with Crippen LogP contribution in [0.3, 0.4) is 0 Å². The fourth-order valence-electron chi connectivity index (χ4n) is 1.16. The molecule has 0 aliphatic carbocycles. The molecule has 0 unspecified atom stereocenters. The number of hydrogen-bond donors (Lipinski definition) is 1. The van der Waals surface area contributed by atoms with Crippen LogP contribution < -0.4 is 10.5 Å². The van der Waals surface area contributed by atoms with Crippen LogP contribution in [0.2, 0.25) is 0 Å². The molecule has 2 aromatic rings. The van der Waals surface area contributed by atoms with Crippen molar-refractivity contribution in [3.05, 3.63) is 30.2 Å². The van der Waals surface area contributed by atoms with Gasteiger partial charge in [-0.3, -0.25) is 0 Å². The van der Waals surface area contributed by atoms with E-state index >= 15 is 0 Å². The summed E-state index contributed by atoms with van der Waals surface area (Å²) < 4.78 is 18.4. The van der Waals surface area contributed by atoms with E-state index in [-0.39, 0.29) is 11.5 Å². The number of rotatable bonds is 2. The summed E-state index contributed by atoms with van der Waals surface area (Å²) in [5.41, 5.74) is 5.59. The van der Waals surface area contributed by atoms with Crippen molar-refractivity contribution in [2.75, 3.05) is 12.8 Å². The molecular weight excluding hydrogens is 199 g/mol. The van der Waals surface area contributed by atoms with Crippen LogP contribution in [0.1, 0.15) is 0 Å². The van der Waals surface area contributed by atoms with E-state index < -0.39 is 5.82 Å². The summed E-state index contributed by atoms with van der Waals surface area (Å²) in [6.07, 6.45) is 1.35. The predicted octanol–water partition coefficient (Wildman–Crippen LogP) is 0.997. The minimum Gasteiger partial charge on any atom is -0.497 e. The number of nitrogen functional groups attached to an aromatic ring is 1. The van der Waals surface area contributed by atoms with E-state index in [2.05, 4.69) is 10.2 Å². The molecule has 0 spiro atoms. The van der Waals surface area contributed by atoms with Gasteiger partial charge >= 0.3 is 0 Å². The maximum absolute atomic E-state index is 13.4. The van der Waals surface area contributed by atoms with Crippen LogP contribution >= 0.6 is 0 Å². The third-order valence-electron chi connectivity index (χ3n) is 1.88. The summed E-state index contributed by atoms with van der Waals surface area (Å²) in [5.74, 6) is 0.325. The highest BCUT2D eigenvalue weighted by Crippen LogP contribution is 2.19. The zero-order chi connectivity index (χ0) is 10.8. The molecular formula is C9H9FN4O. The fraction of sp³-hybridized carbons (Fsp3) is 0.111. The SMILES string of the molecule is COc1ccc(F)c(-n2ncc(N)n2)c1. The summed E-state index contributed by atoms with van der Waals surface area (Å²) in [6, 6.07) is 4.30. The second-order valence-electron chi connectivity index (χ2n) is 2.88. The molecule has 0 atom stereocenters. The Kier molecular flexibility index (Phi) is 2.24. The number of methoxy groups -OCH3 is 1. The molecule has 0 radical (unpaired) electrons. The molecule has 0 aliphatic heterocycles. The fourth-order valence-corrected chi connectivity index (χ4v) is 1.16. The van der Waals surface area contributed by atoms with Gasteiger partial charge in [0.25, 0.3) is 0 Å². The maximum atomic E-state index is 13.4. The maximum Gasteiger partial charge on any atom is 0.166 e. The number of halogens is 1. The molecule has 5 nitrogen and oxygen atoms in total. The van der Waals surface area contributed by atoms with Gasteiger partial charge in [0.2, 0.25) is 0 Å². The Morgan fingerprint density at radius 3 is 2.87 bits per heavy atom. The average molecular weight is 208 g/mol. The van der Waals surface area contributed by atoms with Crippen LogP contribution in [0.25, 0.3) is 5.69 Å². The number of hydrogen-bond acceptors (Lipinski definition) is 4. The van der Waals surface area contributed by atoms with Crippen LogP contribution in [0.4, 0.5) is 10.2 Å². The molecule has 78 valence electrons. The lowest BCUT2D eigenvalue weighted by Gasteiger charge is -2.04. The second-order valence-corrected chi connectivity index (χ2v) is 2.88. The zero-order valence-corrected chi connectivity index (χ0v) is 8.01. The summed E-state index contributed by atoms with van der Waals surface area (Å²) in [7, 11) is 1.50. The van der Waals surface area contributed by atoms with E-state index in [4.69, 9.17) is 10.5 Å². The summed E-state index contributed by atoms with van der Waals surface area (Å²) in [6.45, 7) is 0. The first-order valence-corrected chi connectivity index (χ1v) is 4.22. The van der Waals surface area contributed by atoms with Crippen molar-refractivity contribution in [3.8, 4) is 11.4 Å². The van der Waals surface area contributed by atoms with Gasteiger partial charge in [0.1, 0.15) is 11.4 Å². The number of ether oxygens (including phenoxy) is 1. The first-order valence-electron chi connectivity index (χ1n) is 4.22. The van der Waals surface area contributed by atoms with Gasteiger partial charge in [0, 0.05) is 6.07 Å². The van der Waals surface area contributed by atoms with Crippen molar-refractivity contribution < 1.29 is 9.13 Å². The topological polar surface area (TPSA) is 66.0 Å². The molecule has 0 saturated heterocycles. The van der Waals surface area contributed by atoms with Gasteiger partial charge < -0.3 is 10.5 Å². The molecule has 15 heavy (non-hydrogen) atoms. The molecule has 1 aromatic heterocycles. The minimum absolute atomic E-state index is 0.200. The smallest absolute Gasteiger partial charge is 0.166 e. The van der Waals surface area contributed by atoms with E-state index in [1.165, 1.54) is 31.5 Å². The summed E-state index contributed by atoms with van der Waals surface area (Å²) >= 11 is 0. The van der Waals surface area contributed by atoms with Crippen LogP contribution in [-0.4, -0.2) is 22.1 Å². The van der Waals surface area contributed by atoms with Gasteiger partial charge in [-0.15, -0.1) is 9.90 Å². The van der Waals surface area contributed by atoms with Gasteiger partial charge in [-0.25, -0.2) is 4.39 Å². The highest BCUT2D eigenvalue weighted by Gasteiger charge is 2.08. The molecule has 2 rings (SSSR count). The molecule has 6 heteroatoms. The van der Waals surface area contributed by atoms with Crippen LogP contribution in [-0.2, 0) is 0 Å². The van der Waals surface area contributed by atoms with Crippen LogP contribution in [0.5, 0.6) is 5.75 Å². The van der Waals surface area contributed by atoms with E-state index in [9.17, 15) is 4.39 Å². The largest absolute Gasteiger partial charge is 0.497 e. The van der Waals surface area contributed by atoms with Gasteiger partial charge in [0.05, 0.1) is 13.3 Å². The van der Waals surface area contributed by atoms with Gasteiger partial charge in [-0.05, 0) is 12.1 Å². The Morgan fingerprint density at radius 2 is 2.27 bits per heavy atom. The molecule has 0 saturated carbocycles. The highest BCUT2D eigenvalue weighted by molar-refractivity contribution is 5.40. The zero-order valence-electron chi connectivity index (χ0n) is 8.01. The van der Waals surface area contributed by atoms with E-state index in [0.29, 0.717) is 5.75 Å². The molecule has 0 bridgehead atoms. The highest BCUT2D eigenvalue weighted by atomic mass is 19.1. The molecule has 0 aliphatic rings. The van der Waals surface area contributed by atoms with Crippen molar-refractivity contribution in [2.24, 2.45) is 0 Å². The van der Waals surface area contributed by atoms with Gasteiger partial charge in [0.15, 0.2) is 11.6 Å². The average Bonchev–Trinajstić information content (AvgIpc) is 2.65. The van der Waals surface area contributed by atoms with Crippen LogP contribution in [0, 0.1) is 5.82 Å². The molecule has 0 amide bonds. The summed E-state index contributed by atoms with van der Waals surface area (Å²) in [4.78, 5) is 1.12. The molecule has 1 aromatic carbocycles. The normalized spacial score (nSPS) is 10.3. The van der Waals surface area contributed by atoms with Crippen molar-refractivity contribution in [3.63, 3.8) is 0 Å². The first kappa shape index (κ1) is 9.45. The molecule has 2 N–H and O–H groups in total. The monoisotopic (exact) mass is 208 g/mol. The van der Waals surface area contributed by atoms with Crippen LogP contribution in [0.15, 0.2) is 24.4 Å². The lowest BCUT2D eigenvalue weighted by molar-refractivity contribution is 0.413. The van der Waals surface area contributed by atoms with Crippen molar-refractivity contribution in [1.29, 1.82) is 0 Å². The second kappa shape index (κ2) is 3.56. The Hall–Kier alpha value is -2.11. The number of aromatic nitrogens is 3. The Labute approximate surface area is 85.3 Å². The Morgan fingerprint density at radius 1 is 1.47 bits per heavy atom. The van der Waals surface area contributed by atoms with Crippen molar-refractivity contribution in [1.82, 2.24) is 15.0 Å². The number of anilines is 1. The van der Waals surface area contributed by atoms with E-state index in [1.807, 2.05) is 0 Å². The molecule has 0 fully saturated rings. The number of benzene rings is 1. The van der Waals surface area contributed by atoms with Gasteiger partial charge in [-0.1, -0.05) is 0 Å². The number of nitrogens with zero attached hydrogens (tertiary/aromatic N) is 3. The first-order chi connectivity index (χ1) is 7.20. The number of nitrogens with two attached hydrogens (primary N) is 1. The summed E-state index contributed by atoms with van der Waals surface area (Å²) in [5, 5.41) is 7.61. The minimum atomic E-state index is -0.439. The standard InChI is InChI=1S/C9H9FN4O/c1-15-6-2-3-7(10)8(4-6)14-12-5-9(11)13-14/h2-5H,1H3,(H2,11,13). The third-order valence-corrected chi connectivity index (χ3v) is 1.88. The van der Waals surface area contributed by atoms with Gasteiger partial charge in [-0.2, -0.15) is 5.10 Å². The lowest BCUT2D eigenvalue weighted by atomic mass is 10.3. The van der Waals surface area contributed by atoms with Crippen molar-refractivity contribution in [2.45, 2.75) is 0 Å². The Bertz CT molecular complexity index is 483. The van der Waals surface area contributed by atoms with E-state index in [1.54, 1.807) is 0 Å². The molecule has 1 heterocycles. The Balaban J connectivity index is 2.51. The lowest BCUT2D eigenvalue weighted by Crippen LogP contribution is -2.02. The predicted molar refractivity (Wildman–Crippen MR) is 52.3 cm³/mol. The quantitative estimate of drug-likeness (QED) is 0.799. The third kappa shape index (κ3) is 1.74. The van der Waals surface area contributed by atoms with Crippen molar-refractivity contribution >= 4 is 5.82 Å².